The fourth-order valence-corrected chi connectivity index (χ4v) is 2.06. The number of aliphatic imine (C=N–C) groups is 1. The number of rotatable bonds is 2. The molecule has 1 fully saturated rings. The third-order valence-corrected chi connectivity index (χ3v) is 2.79. The molecule has 17 heavy (non-hydrogen) atoms. The molecule has 0 spiro atoms. The number of alkyl halides is 1. The molecule has 1 saturated heterocycles. The minimum atomic E-state index is -0.509. The zero-order chi connectivity index (χ0) is 12.8. The molecule has 0 aromatic heterocycles. The van der Waals surface area contributed by atoms with Gasteiger partial charge in [0, 0.05) is 13.1 Å². The minimum absolute atomic E-state index is 0.137. The highest BCUT2D eigenvalue weighted by molar-refractivity contribution is 14.1. The average Bonchev–Trinajstić information content (AvgIpc) is 2.25. The van der Waals surface area contributed by atoms with Crippen LogP contribution in [0, 0.1) is 0 Å². The normalized spacial score (nSPS) is 19.4. The number of halogens is 1. The Labute approximate surface area is 116 Å². The highest BCUT2D eigenvalue weighted by Crippen LogP contribution is 2.10. The second-order valence-electron chi connectivity index (χ2n) is 4.12. The summed E-state index contributed by atoms with van der Waals surface area (Å²) in [6, 6.07) is 0. The van der Waals surface area contributed by atoms with E-state index in [4.69, 9.17) is 9.47 Å². The van der Waals surface area contributed by atoms with Crippen LogP contribution in [0.25, 0.3) is 0 Å². The molecule has 0 saturated carbocycles. The molecule has 0 bridgehead atoms. The second-order valence-corrected chi connectivity index (χ2v) is 5.99. The number of hydrogen-bond donors (Lipinski definition) is 0. The predicted octanol–water partition coefficient (Wildman–Crippen LogP) is 2.09. The molecule has 1 atom stereocenters. The molecule has 1 unspecified atom stereocenters. The average molecular weight is 354 g/mol. The molecule has 1 heterocycles. The molecule has 0 radical (unpaired) electrons. The lowest BCUT2D eigenvalue weighted by Gasteiger charge is -2.30. The van der Waals surface area contributed by atoms with Gasteiger partial charge < -0.3 is 14.4 Å². The van der Waals surface area contributed by atoms with Gasteiger partial charge in [-0.15, -0.1) is 0 Å². The number of nitrogens with zero attached hydrogens (tertiary/aromatic N) is 2. The predicted molar refractivity (Wildman–Crippen MR) is 74.9 cm³/mol. The molecule has 1 aliphatic heterocycles. The van der Waals surface area contributed by atoms with Gasteiger partial charge in [-0.05, 0) is 20.8 Å². The summed E-state index contributed by atoms with van der Waals surface area (Å²) < 4.78 is 10.5. The Bertz CT molecular complexity index is 286. The summed E-state index contributed by atoms with van der Waals surface area (Å²) in [5.74, 6) is 0.777. The minimum Gasteiger partial charge on any atom is -0.445 e. The Morgan fingerprint density at radius 2 is 1.94 bits per heavy atom. The summed E-state index contributed by atoms with van der Waals surface area (Å²) in [6.07, 6.45) is -0.647. The van der Waals surface area contributed by atoms with Crippen LogP contribution < -0.4 is 0 Å². The monoisotopic (exact) mass is 354 g/mol. The van der Waals surface area contributed by atoms with Gasteiger partial charge in [-0.2, -0.15) is 4.99 Å². The van der Waals surface area contributed by atoms with Crippen LogP contribution in [0.3, 0.4) is 0 Å². The standard InChI is InChI=1S/C11H19IN2O3/c1-8(2)17-11(15)13-10(9(3)12)14-4-6-16-7-5-14/h8-9H,4-7H2,1-3H3. The van der Waals surface area contributed by atoms with E-state index >= 15 is 0 Å². The Hall–Kier alpha value is -0.370. The molecule has 0 N–H and O–H groups in total. The highest BCUT2D eigenvalue weighted by atomic mass is 127. The number of amidine groups is 1. The van der Waals surface area contributed by atoms with E-state index in [1.807, 2.05) is 20.8 Å². The van der Waals surface area contributed by atoms with Gasteiger partial charge in [0.05, 0.1) is 23.2 Å². The molecule has 1 rings (SSSR count). The van der Waals surface area contributed by atoms with E-state index in [9.17, 15) is 4.79 Å². The van der Waals surface area contributed by atoms with Crippen molar-refractivity contribution in [3.05, 3.63) is 0 Å². The molecule has 0 aromatic rings. The van der Waals surface area contributed by atoms with Gasteiger partial charge in [0.25, 0.3) is 0 Å². The molecule has 1 aliphatic rings. The number of hydrogen-bond acceptors (Lipinski definition) is 3. The SMILES string of the molecule is CC(C)OC(=O)N=C(C(C)I)N1CCOCC1. The third kappa shape index (κ3) is 5.20. The summed E-state index contributed by atoms with van der Waals surface area (Å²) in [7, 11) is 0. The van der Waals surface area contributed by atoms with Crippen LogP contribution in [0.2, 0.25) is 0 Å². The van der Waals surface area contributed by atoms with E-state index in [-0.39, 0.29) is 10.0 Å². The Morgan fingerprint density at radius 1 is 1.35 bits per heavy atom. The van der Waals surface area contributed by atoms with Gasteiger partial charge in [0.1, 0.15) is 5.84 Å². The van der Waals surface area contributed by atoms with Gasteiger partial charge >= 0.3 is 6.09 Å². The summed E-state index contributed by atoms with van der Waals surface area (Å²) in [4.78, 5) is 17.7. The van der Waals surface area contributed by atoms with Crippen molar-refractivity contribution < 1.29 is 14.3 Å². The van der Waals surface area contributed by atoms with Crippen molar-refractivity contribution in [2.24, 2.45) is 4.99 Å². The number of carbonyl (C=O) groups is 1. The van der Waals surface area contributed by atoms with Crippen LogP contribution in [0.1, 0.15) is 20.8 Å². The summed E-state index contributed by atoms with van der Waals surface area (Å²) >= 11 is 2.25. The molecule has 6 heteroatoms. The molecule has 0 aromatic carbocycles. The van der Waals surface area contributed by atoms with Crippen LogP contribution in [-0.4, -0.2) is 53.2 Å². The third-order valence-electron chi connectivity index (χ3n) is 2.23. The van der Waals surface area contributed by atoms with E-state index < -0.39 is 6.09 Å². The van der Waals surface area contributed by atoms with Crippen LogP contribution in [0.15, 0.2) is 4.99 Å². The number of ether oxygens (including phenoxy) is 2. The summed E-state index contributed by atoms with van der Waals surface area (Å²) in [5, 5.41) is 0. The Morgan fingerprint density at radius 3 is 2.41 bits per heavy atom. The zero-order valence-electron chi connectivity index (χ0n) is 10.5. The van der Waals surface area contributed by atoms with E-state index in [0.717, 1.165) is 18.9 Å². The Kier molecular flexibility index (Phi) is 6.18. The zero-order valence-corrected chi connectivity index (χ0v) is 12.6. The van der Waals surface area contributed by atoms with Crippen molar-refractivity contribution in [3.8, 4) is 0 Å². The number of amides is 1. The van der Waals surface area contributed by atoms with E-state index in [2.05, 4.69) is 32.5 Å². The van der Waals surface area contributed by atoms with Crippen LogP contribution in [-0.2, 0) is 9.47 Å². The number of morpholine rings is 1. The van der Waals surface area contributed by atoms with Crippen LogP contribution in [0.5, 0.6) is 0 Å². The van der Waals surface area contributed by atoms with Gasteiger partial charge in [-0.1, -0.05) is 22.6 Å². The van der Waals surface area contributed by atoms with Crippen molar-refractivity contribution in [1.82, 2.24) is 4.90 Å². The smallest absolute Gasteiger partial charge is 0.435 e. The quantitative estimate of drug-likeness (QED) is 0.330. The van der Waals surface area contributed by atoms with Gasteiger partial charge in [0.15, 0.2) is 0 Å². The van der Waals surface area contributed by atoms with Gasteiger partial charge in [-0.3, -0.25) is 0 Å². The molecular weight excluding hydrogens is 335 g/mol. The van der Waals surface area contributed by atoms with E-state index in [0.29, 0.717) is 13.2 Å². The van der Waals surface area contributed by atoms with Crippen molar-refractivity contribution >= 4 is 34.5 Å². The van der Waals surface area contributed by atoms with Crippen LogP contribution in [0.4, 0.5) is 4.79 Å². The maximum atomic E-state index is 11.5. The second kappa shape index (κ2) is 7.15. The summed E-state index contributed by atoms with van der Waals surface area (Å²) in [6.45, 7) is 8.56. The van der Waals surface area contributed by atoms with Gasteiger partial charge in [0.2, 0.25) is 0 Å². The van der Waals surface area contributed by atoms with Crippen molar-refractivity contribution in [2.75, 3.05) is 26.3 Å². The van der Waals surface area contributed by atoms with Crippen molar-refractivity contribution in [1.29, 1.82) is 0 Å². The maximum Gasteiger partial charge on any atom is 0.435 e. The topological polar surface area (TPSA) is 51.1 Å². The maximum absolute atomic E-state index is 11.5. The van der Waals surface area contributed by atoms with E-state index in [1.54, 1.807) is 0 Å². The number of carbonyl (C=O) groups excluding carboxylic acids is 1. The highest BCUT2D eigenvalue weighted by Gasteiger charge is 2.20. The summed E-state index contributed by atoms with van der Waals surface area (Å²) in [5.41, 5.74) is 0. The fourth-order valence-electron chi connectivity index (χ4n) is 1.53. The lowest BCUT2D eigenvalue weighted by molar-refractivity contribution is 0.0670. The van der Waals surface area contributed by atoms with Gasteiger partial charge in [-0.25, -0.2) is 4.79 Å². The molecule has 1 amide bonds. The van der Waals surface area contributed by atoms with E-state index in [1.165, 1.54) is 0 Å². The molecular formula is C11H19IN2O3. The first kappa shape index (κ1) is 14.7. The fraction of sp³-hybridized carbons (Fsp3) is 0.818. The van der Waals surface area contributed by atoms with Crippen LogP contribution >= 0.6 is 22.6 Å². The largest absolute Gasteiger partial charge is 0.445 e. The first-order chi connectivity index (χ1) is 8.00. The molecule has 98 valence electrons. The first-order valence-electron chi connectivity index (χ1n) is 5.76. The molecule has 5 nitrogen and oxygen atoms in total. The molecule has 0 aliphatic carbocycles. The first-order valence-corrected chi connectivity index (χ1v) is 7.01. The lowest BCUT2D eigenvalue weighted by Crippen LogP contribution is -2.44. The lowest BCUT2D eigenvalue weighted by atomic mass is 10.3. The Balaban J connectivity index is 2.69. The van der Waals surface area contributed by atoms with Crippen molar-refractivity contribution in [2.45, 2.75) is 30.8 Å². The van der Waals surface area contributed by atoms with Crippen molar-refractivity contribution in [3.63, 3.8) is 0 Å².